The Morgan fingerprint density at radius 1 is 1.00 bits per heavy atom. The van der Waals surface area contributed by atoms with Crippen molar-refractivity contribution in [2.75, 3.05) is 13.2 Å². The zero-order valence-electron chi connectivity index (χ0n) is 8.31. The molecule has 0 rings (SSSR count). The summed E-state index contributed by atoms with van der Waals surface area (Å²) in [6, 6.07) is 0. The van der Waals surface area contributed by atoms with E-state index in [1.165, 1.54) is 0 Å². The maximum absolute atomic E-state index is 5.63. The van der Waals surface area contributed by atoms with E-state index in [0.29, 0.717) is 0 Å². The molecule has 0 aromatic carbocycles. The highest BCUT2D eigenvalue weighted by Crippen LogP contribution is 2.08. The van der Waals surface area contributed by atoms with Gasteiger partial charge in [-0.25, -0.2) is 0 Å². The quantitative estimate of drug-likeness (QED) is 0.617. The van der Waals surface area contributed by atoms with E-state index in [1.54, 1.807) is 0 Å². The molecule has 68 valence electrons. The minimum atomic E-state index is -1.28. The molecule has 0 bridgehead atoms. The van der Waals surface area contributed by atoms with Crippen LogP contribution in [0.15, 0.2) is 0 Å². The van der Waals surface area contributed by atoms with Crippen LogP contribution in [0.5, 0.6) is 0 Å². The van der Waals surface area contributed by atoms with E-state index in [0.717, 1.165) is 13.2 Å². The van der Waals surface area contributed by atoms with Gasteiger partial charge in [0, 0.05) is 13.2 Å². The maximum Gasteiger partial charge on any atom is 0.299 e. The summed E-state index contributed by atoms with van der Waals surface area (Å²) in [5.74, 6) is 0. The van der Waals surface area contributed by atoms with E-state index in [2.05, 4.69) is 19.6 Å². The van der Waals surface area contributed by atoms with Gasteiger partial charge in [-0.1, -0.05) is 19.6 Å². The van der Waals surface area contributed by atoms with Gasteiger partial charge in [0.25, 0.3) is 8.80 Å². The third-order valence-electron chi connectivity index (χ3n) is 1.34. The molecule has 0 amide bonds. The molecule has 0 aromatic heterocycles. The van der Waals surface area contributed by atoms with Gasteiger partial charge in [0.2, 0.25) is 0 Å². The van der Waals surface area contributed by atoms with Crippen LogP contribution in [-0.2, 0) is 8.85 Å². The molecule has 11 heavy (non-hydrogen) atoms. The molecule has 0 aliphatic heterocycles. The van der Waals surface area contributed by atoms with Crippen molar-refractivity contribution in [3.63, 3.8) is 0 Å². The van der Waals surface area contributed by atoms with Crippen LogP contribution in [0.2, 0.25) is 19.6 Å². The van der Waals surface area contributed by atoms with Gasteiger partial charge in [-0.3, -0.25) is 0 Å². The average Bonchev–Trinajstić information content (AvgIpc) is 1.85. The highest BCUT2D eigenvalue weighted by Gasteiger charge is 2.30. The fourth-order valence-electron chi connectivity index (χ4n) is 0.851. The molecular weight excluding hydrogens is 172 g/mol. The topological polar surface area (TPSA) is 18.5 Å². The minimum absolute atomic E-state index is 0.807. The van der Waals surface area contributed by atoms with E-state index in [4.69, 9.17) is 8.85 Å². The summed E-state index contributed by atoms with van der Waals surface area (Å²) in [5, 5.41) is 0. The van der Waals surface area contributed by atoms with Crippen LogP contribution in [0.3, 0.4) is 0 Å². The molecule has 2 nitrogen and oxygen atoms in total. The lowest BCUT2D eigenvalue weighted by Gasteiger charge is -2.25. The van der Waals surface area contributed by atoms with Crippen LogP contribution in [-0.4, -0.2) is 29.6 Å². The maximum atomic E-state index is 5.63. The first-order valence-electron chi connectivity index (χ1n) is 4.25. The largest absolute Gasteiger partial charge is 0.399 e. The Kier molecular flexibility index (Phi) is 5.24. The Bertz CT molecular complexity index is 95.1. The smallest absolute Gasteiger partial charge is 0.299 e. The second-order valence-electron chi connectivity index (χ2n) is 3.61. The summed E-state index contributed by atoms with van der Waals surface area (Å²) in [6.45, 7) is 12.6. The standard InChI is InChI=1S/C7H20O2Si2/c1-6-8-10(9-7-2)11(3,4)5/h10H,6-7H2,1-5H3. The summed E-state index contributed by atoms with van der Waals surface area (Å²) < 4.78 is 11.3. The number of rotatable bonds is 5. The van der Waals surface area contributed by atoms with E-state index in [9.17, 15) is 0 Å². The molecule has 0 atom stereocenters. The Hall–Kier alpha value is 0.354. The first kappa shape index (κ1) is 11.4. The van der Waals surface area contributed by atoms with Crippen LogP contribution in [0.1, 0.15) is 13.8 Å². The Balaban J connectivity index is 3.88. The average molecular weight is 192 g/mol. The van der Waals surface area contributed by atoms with Crippen LogP contribution in [0.4, 0.5) is 0 Å². The van der Waals surface area contributed by atoms with Gasteiger partial charge in [-0.05, 0) is 13.8 Å². The van der Waals surface area contributed by atoms with E-state index in [1.807, 2.05) is 13.8 Å². The molecule has 4 heteroatoms. The summed E-state index contributed by atoms with van der Waals surface area (Å²) in [4.78, 5) is 0. The molecule has 0 radical (unpaired) electrons. The Labute approximate surface area is 72.5 Å². The first-order chi connectivity index (χ1) is 5.02. The lowest BCUT2D eigenvalue weighted by atomic mass is 10.9. The van der Waals surface area contributed by atoms with Crippen LogP contribution in [0.25, 0.3) is 0 Å². The third kappa shape index (κ3) is 4.73. The zero-order chi connectivity index (χ0) is 8.91. The van der Waals surface area contributed by atoms with Crippen molar-refractivity contribution < 1.29 is 8.85 Å². The summed E-state index contributed by atoms with van der Waals surface area (Å²) in [7, 11) is -2.42. The van der Waals surface area contributed by atoms with Crippen molar-refractivity contribution in [1.29, 1.82) is 0 Å². The zero-order valence-corrected chi connectivity index (χ0v) is 10.5. The number of hydrogen-bond donors (Lipinski definition) is 0. The van der Waals surface area contributed by atoms with E-state index < -0.39 is 16.4 Å². The van der Waals surface area contributed by atoms with Crippen molar-refractivity contribution in [1.82, 2.24) is 0 Å². The van der Waals surface area contributed by atoms with Crippen LogP contribution >= 0.6 is 0 Å². The second-order valence-corrected chi connectivity index (χ2v) is 16.3. The highest BCUT2D eigenvalue weighted by molar-refractivity contribution is 7.26. The molecule has 0 heterocycles. The highest BCUT2D eigenvalue weighted by atomic mass is 29.2. The Morgan fingerprint density at radius 3 is 1.55 bits per heavy atom. The molecule has 0 saturated carbocycles. The normalized spacial score (nSPS) is 12.5. The van der Waals surface area contributed by atoms with Gasteiger partial charge < -0.3 is 8.85 Å². The monoisotopic (exact) mass is 192 g/mol. The lowest BCUT2D eigenvalue weighted by molar-refractivity contribution is 0.229. The summed E-state index contributed by atoms with van der Waals surface area (Å²) >= 11 is 0. The van der Waals surface area contributed by atoms with Gasteiger partial charge in [0.15, 0.2) is 0 Å². The van der Waals surface area contributed by atoms with Gasteiger partial charge in [0.05, 0.1) is 0 Å². The van der Waals surface area contributed by atoms with Gasteiger partial charge in [-0.2, -0.15) is 0 Å². The van der Waals surface area contributed by atoms with E-state index in [-0.39, 0.29) is 0 Å². The molecule has 0 aliphatic carbocycles. The SMILES string of the molecule is CCO[SiH](OCC)[Si](C)(C)C. The molecule has 0 aromatic rings. The minimum Gasteiger partial charge on any atom is -0.399 e. The molecule has 0 unspecified atom stereocenters. The lowest BCUT2D eigenvalue weighted by Crippen LogP contribution is -2.47. The van der Waals surface area contributed by atoms with Gasteiger partial charge >= 0.3 is 0 Å². The predicted molar refractivity (Wildman–Crippen MR) is 53.7 cm³/mol. The second kappa shape index (κ2) is 5.08. The first-order valence-corrected chi connectivity index (χ1v) is 10.5. The van der Waals surface area contributed by atoms with Crippen molar-refractivity contribution >= 4 is 16.4 Å². The Morgan fingerprint density at radius 2 is 1.36 bits per heavy atom. The molecule has 0 fully saturated rings. The van der Waals surface area contributed by atoms with Gasteiger partial charge in [0.1, 0.15) is 7.59 Å². The van der Waals surface area contributed by atoms with E-state index >= 15 is 0 Å². The third-order valence-corrected chi connectivity index (χ3v) is 9.27. The molecule has 0 N–H and O–H groups in total. The van der Waals surface area contributed by atoms with Gasteiger partial charge in [-0.15, -0.1) is 0 Å². The molecule has 0 saturated heterocycles. The summed E-state index contributed by atoms with van der Waals surface area (Å²) in [5.41, 5.74) is 0. The summed E-state index contributed by atoms with van der Waals surface area (Å²) in [6.07, 6.45) is 0. The fourth-order valence-corrected chi connectivity index (χ4v) is 6.55. The predicted octanol–water partition coefficient (Wildman–Crippen LogP) is 1.70. The molecular formula is C7H20O2Si2. The van der Waals surface area contributed by atoms with Crippen molar-refractivity contribution in [2.24, 2.45) is 0 Å². The van der Waals surface area contributed by atoms with Crippen LogP contribution < -0.4 is 0 Å². The van der Waals surface area contributed by atoms with Crippen molar-refractivity contribution in [3.05, 3.63) is 0 Å². The molecule has 0 spiro atoms. The van der Waals surface area contributed by atoms with Crippen LogP contribution in [0, 0.1) is 0 Å². The van der Waals surface area contributed by atoms with Crippen molar-refractivity contribution in [2.45, 2.75) is 33.5 Å². The van der Waals surface area contributed by atoms with Crippen molar-refractivity contribution in [3.8, 4) is 0 Å². The fraction of sp³-hybridized carbons (Fsp3) is 1.00. The molecule has 0 aliphatic rings. The number of hydrogen-bond acceptors (Lipinski definition) is 2.